The molecule has 3 unspecified atom stereocenters. The Morgan fingerprint density at radius 2 is 2.15 bits per heavy atom. The minimum Gasteiger partial charge on any atom is -0.508 e. The van der Waals surface area contributed by atoms with E-state index in [1.54, 1.807) is 13.0 Å². The lowest BCUT2D eigenvalue weighted by molar-refractivity contribution is -0.154. The molecule has 4 nitrogen and oxygen atoms in total. The van der Waals surface area contributed by atoms with E-state index in [1.165, 1.54) is 13.2 Å². The number of hydrogen-bond donors (Lipinski definition) is 2. The Morgan fingerprint density at radius 1 is 1.50 bits per heavy atom. The summed E-state index contributed by atoms with van der Waals surface area (Å²) >= 11 is 3.39. The summed E-state index contributed by atoms with van der Waals surface area (Å²) in [5.41, 5.74) is 0.179. The number of hydrogen-bond acceptors (Lipinski definition) is 3. The van der Waals surface area contributed by atoms with Gasteiger partial charge in [0.25, 0.3) is 0 Å². The van der Waals surface area contributed by atoms with Crippen LogP contribution in [0.15, 0.2) is 28.7 Å². The number of fused-ring (bicyclic) bond motifs is 1. The Balaban J connectivity index is 2.70. The number of carboxylic acid groups (broad SMARTS) is 1. The minimum absolute atomic E-state index is 0.0168. The van der Waals surface area contributed by atoms with E-state index >= 15 is 0 Å². The molecule has 0 heterocycles. The summed E-state index contributed by atoms with van der Waals surface area (Å²) in [4.78, 5) is 11.9. The van der Waals surface area contributed by atoms with Crippen LogP contribution in [-0.4, -0.2) is 29.4 Å². The number of halogens is 1. The smallest absolute Gasteiger partial charge is 0.316 e. The predicted octanol–water partition coefficient (Wildman–Crippen LogP) is 3.57. The molecule has 0 aromatic heterocycles. The molecule has 1 aliphatic rings. The first kappa shape index (κ1) is 15.1. The van der Waals surface area contributed by atoms with Gasteiger partial charge in [0.05, 0.1) is 6.10 Å². The fraction of sp³-hybridized carbons (Fsp3) is 0.400. The van der Waals surface area contributed by atoms with Crippen molar-refractivity contribution in [3.8, 4) is 0 Å². The van der Waals surface area contributed by atoms with Gasteiger partial charge in [0.15, 0.2) is 0 Å². The van der Waals surface area contributed by atoms with Gasteiger partial charge in [-0.25, -0.2) is 0 Å². The van der Waals surface area contributed by atoms with E-state index < -0.39 is 17.5 Å². The molecule has 20 heavy (non-hydrogen) atoms. The molecule has 0 bridgehead atoms. The van der Waals surface area contributed by atoms with Crippen LogP contribution in [0.2, 0.25) is 0 Å². The number of carboxylic acids is 1. The summed E-state index contributed by atoms with van der Waals surface area (Å²) < 4.78 is 6.12. The molecule has 0 spiro atoms. The second-order valence-electron chi connectivity index (χ2n) is 5.10. The van der Waals surface area contributed by atoms with Gasteiger partial charge in [-0.3, -0.25) is 4.79 Å². The summed E-state index contributed by atoms with van der Waals surface area (Å²) in [6.45, 7) is 3.55. The van der Waals surface area contributed by atoms with Crippen LogP contribution in [0.5, 0.6) is 0 Å². The number of carbonyl (C=O) groups is 1. The van der Waals surface area contributed by atoms with Crippen LogP contribution in [0.3, 0.4) is 0 Å². The third kappa shape index (κ3) is 2.05. The van der Waals surface area contributed by atoms with Gasteiger partial charge in [0.2, 0.25) is 0 Å². The summed E-state index contributed by atoms with van der Waals surface area (Å²) in [7, 11) is 1.48. The van der Waals surface area contributed by atoms with Crippen molar-refractivity contribution in [2.75, 3.05) is 7.11 Å². The average molecular weight is 341 g/mol. The highest BCUT2D eigenvalue weighted by Gasteiger charge is 2.51. The van der Waals surface area contributed by atoms with E-state index in [9.17, 15) is 15.0 Å². The molecule has 3 atom stereocenters. The van der Waals surface area contributed by atoms with Crippen LogP contribution in [0.25, 0.3) is 5.76 Å². The maximum absolute atomic E-state index is 11.9. The van der Waals surface area contributed by atoms with Crippen molar-refractivity contribution in [3.63, 3.8) is 0 Å². The summed E-state index contributed by atoms with van der Waals surface area (Å²) in [5, 5.41) is 20.0. The second-order valence-corrected chi connectivity index (χ2v) is 6.01. The average Bonchev–Trinajstić information content (AvgIpc) is 2.41. The van der Waals surface area contributed by atoms with Crippen LogP contribution in [0, 0.1) is 5.41 Å². The summed E-state index contributed by atoms with van der Waals surface area (Å²) in [5.74, 6) is -1.34. The van der Waals surface area contributed by atoms with Crippen molar-refractivity contribution in [1.29, 1.82) is 0 Å². The predicted molar refractivity (Wildman–Crippen MR) is 79.7 cm³/mol. The number of aliphatic hydroxyl groups excluding tert-OH is 1. The molecular formula is C15H17BrO4. The molecule has 0 radical (unpaired) electrons. The summed E-state index contributed by atoms with van der Waals surface area (Å²) in [6.07, 6.45) is 0.842. The van der Waals surface area contributed by atoms with E-state index in [4.69, 9.17) is 4.74 Å². The second kappa shape index (κ2) is 5.22. The molecule has 5 heteroatoms. The maximum atomic E-state index is 11.9. The topological polar surface area (TPSA) is 66.8 Å². The van der Waals surface area contributed by atoms with Crippen LogP contribution in [0.1, 0.15) is 30.9 Å². The molecule has 0 saturated heterocycles. The maximum Gasteiger partial charge on any atom is 0.316 e. The third-order valence-corrected chi connectivity index (χ3v) is 4.74. The largest absolute Gasteiger partial charge is 0.508 e. The highest BCUT2D eigenvalue weighted by molar-refractivity contribution is 9.10. The molecule has 0 amide bonds. The van der Waals surface area contributed by atoms with Gasteiger partial charge in [0.1, 0.15) is 11.2 Å². The zero-order valence-electron chi connectivity index (χ0n) is 11.6. The standard InChI is InChI=1S/C15H17BrO4/c1-8-12-6-10(16)4-5-11(12)13(17)7-15(8,14(18)19)9(2)20-3/h4-9,17H,1-3H3,(H,18,19). The van der Waals surface area contributed by atoms with Crippen LogP contribution >= 0.6 is 15.9 Å². The number of benzene rings is 1. The van der Waals surface area contributed by atoms with E-state index in [2.05, 4.69) is 15.9 Å². The summed E-state index contributed by atoms with van der Waals surface area (Å²) in [6, 6.07) is 5.46. The Labute approximate surface area is 126 Å². The fourth-order valence-electron chi connectivity index (χ4n) is 2.90. The van der Waals surface area contributed by atoms with Crippen LogP contribution in [-0.2, 0) is 9.53 Å². The number of rotatable bonds is 3. The van der Waals surface area contributed by atoms with Crippen LogP contribution in [0.4, 0.5) is 0 Å². The van der Waals surface area contributed by atoms with Crippen molar-refractivity contribution in [2.24, 2.45) is 5.41 Å². The highest BCUT2D eigenvalue weighted by Crippen LogP contribution is 2.49. The van der Waals surface area contributed by atoms with Gasteiger partial charge in [0, 0.05) is 23.1 Å². The first-order valence-corrected chi connectivity index (χ1v) is 7.11. The Kier molecular flexibility index (Phi) is 3.93. The number of methoxy groups -OCH3 is 1. The molecule has 2 rings (SSSR count). The normalized spacial score (nSPS) is 26.6. The lowest BCUT2D eigenvalue weighted by Crippen LogP contribution is -2.46. The molecule has 1 aromatic carbocycles. The molecule has 0 aliphatic heterocycles. The van der Waals surface area contributed by atoms with E-state index in [1.807, 2.05) is 19.1 Å². The van der Waals surface area contributed by atoms with Gasteiger partial charge in [-0.2, -0.15) is 0 Å². The van der Waals surface area contributed by atoms with Crippen molar-refractivity contribution >= 4 is 27.7 Å². The monoisotopic (exact) mass is 340 g/mol. The molecule has 1 aromatic rings. The van der Waals surface area contributed by atoms with Gasteiger partial charge in [-0.15, -0.1) is 0 Å². The van der Waals surface area contributed by atoms with Crippen molar-refractivity contribution in [1.82, 2.24) is 0 Å². The van der Waals surface area contributed by atoms with Gasteiger partial charge >= 0.3 is 5.97 Å². The van der Waals surface area contributed by atoms with Gasteiger partial charge in [-0.05, 0) is 36.8 Å². The fourth-order valence-corrected chi connectivity index (χ4v) is 3.28. The molecule has 1 aliphatic carbocycles. The van der Waals surface area contributed by atoms with E-state index in [-0.39, 0.29) is 11.7 Å². The van der Waals surface area contributed by atoms with Crippen molar-refractivity contribution in [3.05, 3.63) is 39.9 Å². The van der Waals surface area contributed by atoms with Crippen molar-refractivity contribution in [2.45, 2.75) is 25.9 Å². The molecule has 0 fully saturated rings. The number of aliphatic carboxylic acids is 1. The Hall–Kier alpha value is -1.33. The number of ether oxygens (including phenoxy) is 1. The Bertz CT molecular complexity index is 581. The lowest BCUT2D eigenvalue weighted by Gasteiger charge is -2.40. The number of aliphatic hydroxyl groups is 1. The molecule has 0 saturated carbocycles. The van der Waals surface area contributed by atoms with Gasteiger partial charge < -0.3 is 14.9 Å². The molecule has 2 N–H and O–H groups in total. The van der Waals surface area contributed by atoms with E-state index in [0.717, 1.165) is 10.0 Å². The zero-order valence-corrected chi connectivity index (χ0v) is 13.1. The minimum atomic E-state index is -1.29. The molecule has 108 valence electrons. The quantitative estimate of drug-likeness (QED) is 0.882. The molecular weight excluding hydrogens is 324 g/mol. The highest BCUT2D eigenvalue weighted by atomic mass is 79.9. The Morgan fingerprint density at radius 3 is 2.70 bits per heavy atom. The van der Waals surface area contributed by atoms with Gasteiger partial charge in [-0.1, -0.05) is 22.9 Å². The lowest BCUT2D eigenvalue weighted by atomic mass is 9.65. The SMILES string of the molecule is COC(C)C1(C(=O)O)C=C(O)c2ccc(Br)cc2C1C. The third-order valence-electron chi connectivity index (χ3n) is 4.24. The zero-order chi connectivity index (χ0) is 15.1. The van der Waals surface area contributed by atoms with E-state index in [0.29, 0.717) is 5.56 Å². The first-order valence-electron chi connectivity index (χ1n) is 6.32. The van der Waals surface area contributed by atoms with Crippen molar-refractivity contribution < 1.29 is 19.7 Å². The van der Waals surface area contributed by atoms with Crippen LogP contribution < -0.4 is 0 Å². The first-order chi connectivity index (χ1) is 9.34.